The zero-order valence-electron chi connectivity index (χ0n) is 18.3. The van der Waals surface area contributed by atoms with E-state index in [9.17, 15) is 4.79 Å². The summed E-state index contributed by atoms with van der Waals surface area (Å²) in [5.74, 6) is 0.137. The summed E-state index contributed by atoms with van der Waals surface area (Å²) in [6.07, 6.45) is 6.48. The van der Waals surface area contributed by atoms with Crippen LogP contribution in [0.5, 0.6) is 0 Å². The lowest BCUT2D eigenvalue weighted by Crippen LogP contribution is -2.45. The zero-order chi connectivity index (χ0) is 22.2. The predicted molar refractivity (Wildman–Crippen MR) is 128 cm³/mol. The van der Waals surface area contributed by atoms with Crippen molar-refractivity contribution < 1.29 is 4.79 Å². The molecule has 1 aliphatic rings. The smallest absolute Gasteiger partial charge is 0.273 e. The van der Waals surface area contributed by atoms with Crippen molar-refractivity contribution in [2.75, 3.05) is 11.9 Å². The summed E-state index contributed by atoms with van der Waals surface area (Å²) in [4.78, 5) is 15.0. The Morgan fingerprint density at radius 3 is 2.61 bits per heavy atom. The molecule has 0 aliphatic carbocycles. The molecule has 1 unspecified atom stereocenters. The van der Waals surface area contributed by atoms with Gasteiger partial charge in [-0.1, -0.05) is 30.7 Å². The van der Waals surface area contributed by atoms with Gasteiger partial charge in [0, 0.05) is 36.2 Å². The van der Waals surface area contributed by atoms with Gasteiger partial charge in [-0.2, -0.15) is 5.10 Å². The van der Waals surface area contributed by atoms with E-state index in [-0.39, 0.29) is 11.4 Å². The summed E-state index contributed by atoms with van der Waals surface area (Å²) in [6, 6.07) is 15.3. The Balaban J connectivity index is 1.56. The van der Waals surface area contributed by atoms with Crippen LogP contribution < -0.4 is 10.3 Å². The van der Waals surface area contributed by atoms with E-state index in [2.05, 4.69) is 49.3 Å². The first-order chi connectivity index (χ1) is 14.8. The van der Waals surface area contributed by atoms with Gasteiger partial charge in [0.05, 0.1) is 22.5 Å². The number of rotatable bonds is 4. The van der Waals surface area contributed by atoms with Crippen molar-refractivity contribution in [2.45, 2.75) is 38.6 Å². The first kappa shape index (κ1) is 21.2. The van der Waals surface area contributed by atoms with Crippen LogP contribution in [0.15, 0.2) is 66.0 Å². The van der Waals surface area contributed by atoms with Crippen LogP contribution in [-0.2, 0) is 0 Å². The second-order valence-corrected chi connectivity index (χ2v) is 9.12. The van der Waals surface area contributed by atoms with Crippen molar-refractivity contribution in [1.29, 1.82) is 0 Å². The van der Waals surface area contributed by atoms with Gasteiger partial charge < -0.3 is 9.47 Å². The average molecular weight is 435 g/mol. The van der Waals surface area contributed by atoms with Crippen molar-refractivity contribution in [1.82, 2.24) is 9.99 Å². The molecule has 3 aromatic rings. The lowest BCUT2D eigenvalue weighted by atomic mass is 9.80. The van der Waals surface area contributed by atoms with E-state index >= 15 is 0 Å². The molecule has 6 heteroatoms. The lowest BCUT2D eigenvalue weighted by molar-refractivity contribution is 0.0955. The number of benzene rings is 2. The molecule has 2 heterocycles. The molecule has 31 heavy (non-hydrogen) atoms. The lowest BCUT2D eigenvalue weighted by Gasteiger charge is -2.45. The third kappa shape index (κ3) is 4.10. The highest BCUT2D eigenvalue weighted by molar-refractivity contribution is 6.33. The van der Waals surface area contributed by atoms with Gasteiger partial charge in [-0.3, -0.25) is 4.79 Å². The Bertz CT molecular complexity index is 1130. The fraction of sp³-hybridized carbons (Fsp3) is 0.280. The monoisotopic (exact) mass is 434 g/mol. The Morgan fingerprint density at radius 1 is 1.16 bits per heavy atom. The Morgan fingerprint density at radius 2 is 1.87 bits per heavy atom. The maximum absolute atomic E-state index is 12.8. The molecular formula is C25H27ClN4O. The molecular weight excluding hydrogens is 408 g/mol. The first-order valence-electron chi connectivity index (χ1n) is 10.4. The number of aromatic nitrogens is 1. The average Bonchev–Trinajstić information content (AvgIpc) is 3.27. The molecule has 1 amide bonds. The Labute approximate surface area is 188 Å². The molecule has 0 radical (unpaired) electrons. The number of amides is 1. The summed E-state index contributed by atoms with van der Waals surface area (Å²) in [5, 5.41) is 4.80. The Kier molecular flexibility index (Phi) is 5.63. The molecule has 0 saturated carbocycles. The van der Waals surface area contributed by atoms with Gasteiger partial charge >= 0.3 is 0 Å². The molecule has 0 spiro atoms. The molecule has 1 aromatic heterocycles. The summed E-state index contributed by atoms with van der Waals surface area (Å²) < 4.78 is 1.90. The number of hydrogen-bond donors (Lipinski definition) is 1. The van der Waals surface area contributed by atoms with E-state index < -0.39 is 0 Å². The standard InChI is InChI=1S/C25H27ClN4O/c1-17-15-25(2,3)29(4)23-14-21(26)18(13-20(17)23)16-27-28-24(31)19-9-5-6-10-22(19)30-11-7-8-12-30/h5-14,16-17H,15H2,1-4H3,(H,28,31)/b27-16-. The van der Waals surface area contributed by atoms with Gasteiger partial charge in [0.1, 0.15) is 0 Å². The normalized spacial score (nSPS) is 17.6. The number of hydrazone groups is 1. The van der Waals surface area contributed by atoms with Crippen molar-refractivity contribution in [3.8, 4) is 5.69 Å². The minimum absolute atomic E-state index is 0.0758. The molecule has 1 N–H and O–H groups in total. The van der Waals surface area contributed by atoms with Crippen LogP contribution in [0.3, 0.4) is 0 Å². The molecule has 0 bridgehead atoms. The number of nitrogens with zero attached hydrogens (tertiary/aromatic N) is 3. The van der Waals surface area contributed by atoms with Crippen LogP contribution >= 0.6 is 11.6 Å². The number of para-hydroxylation sites is 1. The number of fused-ring (bicyclic) bond motifs is 1. The minimum Gasteiger partial charge on any atom is -0.369 e. The fourth-order valence-corrected chi connectivity index (χ4v) is 4.52. The number of nitrogens with one attached hydrogen (secondary N) is 1. The van der Waals surface area contributed by atoms with Gasteiger partial charge in [-0.05, 0) is 68.1 Å². The maximum atomic E-state index is 12.8. The third-order valence-corrected chi connectivity index (χ3v) is 6.48. The first-order valence-corrected chi connectivity index (χ1v) is 10.8. The number of carbonyl (C=O) groups is 1. The third-order valence-electron chi connectivity index (χ3n) is 6.15. The number of anilines is 1. The zero-order valence-corrected chi connectivity index (χ0v) is 19.0. The van der Waals surface area contributed by atoms with Crippen molar-refractivity contribution >= 4 is 29.4 Å². The van der Waals surface area contributed by atoms with Crippen LogP contribution in [0.4, 0.5) is 5.69 Å². The number of hydrogen-bond acceptors (Lipinski definition) is 3. The van der Waals surface area contributed by atoms with E-state index in [1.807, 2.05) is 53.4 Å². The summed E-state index contributed by atoms with van der Waals surface area (Å²) in [7, 11) is 2.11. The topological polar surface area (TPSA) is 49.6 Å². The van der Waals surface area contributed by atoms with E-state index in [0.29, 0.717) is 16.5 Å². The van der Waals surface area contributed by atoms with E-state index in [4.69, 9.17) is 11.6 Å². The molecule has 2 aromatic carbocycles. The second-order valence-electron chi connectivity index (χ2n) is 8.72. The highest BCUT2D eigenvalue weighted by atomic mass is 35.5. The van der Waals surface area contributed by atoms with Crippen molar-refractivity contribution in [2.24, 2.45) is 5.10 Å². The fourth-order valence-electron chi connectivity index (χ4n) is 4.31. The van der Waals surface area contributed by atoms with Gasteiger partial charge in [0.15, 0.2) is 0 Å². The molecule has 1 atom stereocenters. The molecule has 1 aliphatic heterocycles. The van der Waals surface area contributed by atoms with E-state index in [1.165, 1.54) is 5.56 Å². The van der Waals surface area contributed by atoms with Crippen LogP contribution in [0.25, 0.3) is 5.69 Å². The van der Waals surface area contributed by atoms with Gasteiger partial charge in [0.25, 0.3) is 5.91 Å². The Hall–Kier alpha value is -3.05. The predicted octanol–water partition coefficient (Wildman–Crippen LogP) is 5.62. The minimum atomic E-state index is -0.274. The highest BCUT2D eigenvalue weighted by Gasteiger charge is 2.34. The van der Waals surface area contributed by atoms with E-state index in [0.717, 1.165) is 23.4 Å². The summed E-state index contributed by atoms with van der Waals surface area (Å²) in [6.45, 7) is 6.73. The van der Waals surface area contributed by atoms with Gasteiger partial charge in [0.2, 0.25) is 0 Å². The molecule has 160 valence electrons. The molecule has 4 rings (SSSR count). The molecule has 0 fully saturated rings. The maximum Gasteiger partial charge on any atom is 0.273 e. The molecule has 5 nitrogen and oxygen atoms in total. The SMILES string of the molecule is CC1CC(C)(C)N(C)c2cc(Cl)c(/C=N\NC(=O)c3ccccc3-n3cccc3)cc21. The highest BCUT2D eigenvalue weighted by Crippen LogP contribution is 2.44. The summed E-state index contributed by atoms with van der Waals surface area (Å²) >= 11 is 6.56. The van der Waals surface area contributed by atoms with E-state index in [1.54, 1.807) is 12.3 Å². The van der Waals surface area contributed by atoms with Crippen LogP contribution in [-0.4, -0.2) is 29.3 Å². The van der Waals surface area contributed by atoms with Gasteiger partial charge in [-0.15, -0.1) is 0 Å². The van der Waals surface area contributed by atoms with Crippen LogP contribution in [0, 0.1) is 0 Å². The van der Waals surface area contributed by atoms with Crippen LogP contribution in [0.1, 0.15) is 54.6 Å². The quantitative estimate of drug-likeness (QED) is 0.428. The van der Waals surface area contributed by atoms with Gasteiger partial charge in [-0.25, -0.2) is 5.43 Å². The number of halogens is 1. The molecule has 0 saturated heterocycles. The van der Waals surface area contributed by atoms with Crippen LogP contribution in [0.2, 0.25) is 5.02 Å². The van der Waals surface area contributed by atoms with Crippen molar-refractivity contribution in [3.63, 3.8) is 0 Å². The van der Waals surface area contributed by atoms with Crippen molar-refractivity contribution in [3.05, 3.63) is 82.6 Å². The summed E-state index contributed by atoms with van der Waals surface area (Å²) in [5.41, 5.74) is 7.24. The number of carbonyl (C=O) groups excluding carboxylic acids is 1. The largest absolute Gasteiger partial charge is 0.369 e. The second kappa shape index (κ2) is 8.23.